The van der Waals surface area contributed by atoms with E-state index in [-0.39, 0.29) is 18.4 Å². The Morgan fingerprint density at radius 2 is 2.09 bits per heavy atom. The Morgan fingerprint density at radius 1 is 1.30 bits per heavy atom. The SMILES string of the molecule is Cc1cc(C(=O)NCC(=O)Nc2nc3ccccc3s2)n(C)n1. The molecule has 2 amide bonds. The monoisotopic (exact) mass is 329 g/mol. The lowest BCUT2D eigenvalue weighted by Gasteiger charge is -2.05. The molecule has 0 fully saturated rings. The van der Waals surface area contributed by atoms with Crippen LogP contribution < -0.4 is 10.6 Å². The van der Waals surface area contributed by atoms with E-state index in [9.17, 15) is 9.59 Å². The van der Waals surface area contributed by atoms with Crippen molar-refractivity contribution in [2.75, 3.05) is 11.9 Å². The van der Waals surface area contributed by atoms with E-state index in [1.54, 1.807) is 20.0 Å². The molecular formula is C15H15N5O2S. The molecule has 0 saturated heterocycles. The van der Waals surface area contributed by atoms with Crippen LogP contribution in [0.5, 0.6) is 0 Å². The number of aryl methyl sites for hydroxylation is 2. The zero-order valence-corrected chi connectivity index (χ0v) is 13.5. The number of anilines is 1. The van der Waals surface area contributed by atoms with Crippen LogP contribution >= 0.6 is 11.3 Å². The average molecular weight is 329 g/mol. The zero-order chi connectivity index (χ0) is 16.4. The molecule has 0 spiro atoms. The maximum Gasteiger partial charge on any atom is 0.269 e. The summed E-state index contributed by atoms with van der Waals surface area (Å²) in [5, 5.41) is 9.88. The highest BCUT2D eigenvalue weighted by atomic mass is 32.1. The lowest BCUT2D eigenvalue weighted by Crippen LogP contribution is -2.33. The number of fused-ring (bicyclic) bond motifs is 1. The predicted octanol–water partition coefficient (Wildman–Crippen LogP) is 1.71. The van der Waals surface area contributed by atoms with Crippen LogP contribution in [0.4, 0.5) is 5.13 Å². The van der Waals surface area contributed by atoms with Crippen molar-refractivity contribution in [1.82, 2.24) is 20.1 Å². The van der Waals surface area contributed by atoms with Gasteiger partial charge in [0.2, 0.25) is 5.91 Å². The van der Waals surface area contributed by atoms with Crippen LogP contribution in [-0.4, -0.2) is 33.1 Å². The van der Waals surface area contributed by atoms with Gasteiger partial charge in [0.25, 0.3) is 5.91 Å². The molecule has 0 unspecified atom stereocenters. The molecule has 7 nitrogen and oxygen atoms in total. The van der Waals surface area contributed by atoms with E-state index in [0.29, 0.717) is 10.8 Å². The molecule has 2 heterocycles. The number of rotatable bonds is 4. The lowest BCUT2D eigenvalue weighted by molar-refractivity contribution is -0.115. The van der Waals surface area contributed by atoms with E-state index in [2.05, 4.69) is 20.7 Å². The van der Waals surface area contributed by atoms with Crippen molar-refractivity contribution < 1.29 is 9.59 Å². The Labute approximate surface area is 136 Å². The maximum atomic E-state index is 12.0. The molecule has 3 aromatic rings. The largest absolute Gasteiger partial charge is 0.342 e. The number of nitrogens with zero attached hydrogens (tertiary/aromatic N) is 3. The molecule has 0 radical (unpaired) electrons. The molecule has 0 saturated carbocycles. The average Bonchev–Trinajstić information content (AvgIpc) is 3.06. The van der Waals surface area contributed by atoms with Crippen molar-refractivity contribution >= 4 is 38.5 Å². The van der Waals surface area contributed by atoms with Crippen LogP contribution in [-0.2, 0) is 11.8 Å². The minimum Gasteiger partial charge on any atom is -0.342 e. The number of benzene rings is 1. The Balaban J connectivity index is 1.59. The molecule has 8 heteroatoms. The van der Waals surface area contributed by atoms with Gasteiger partial charge in [0.1, 0.15) is 5.69 Å². The highest BCUT2D eigenvalue weighted by Crippen LogP contribution is 2.25. The molecule has 0 atom stereocenters. The molecule has 23 heavy (non-hydrogen) atoms. The first-order valence-corrected chi connectivity index (χ1v) is 7.79. The Hall–Kier alpha value is -2.74. The van der Waals surface area contributed by atoms with Gasteiger partial charge >= 0.3 is 0 Å². The second-order valence-electron chi connectivity index (χ2n) is 5.01. The Bertz CT molecular complexity index is 850. The predicted molar refractivity (Wildman–Crippen MR) is 88.5 cm³/mol. The lowest BCUT2D eigenvalue weighted by atomic mass is 10.3. The smallest absolute Gasteiger partial charge is 0.269 e. The highest BCUT2D eigenvalue weighted by Gasteiger charge is 2.13. The second-order valence-corrected chi connectivity index (χ2v) is 6.04. The third-order valence-corrected chi connectivity index (χ3v) is 4.14. The van der Waals surface area contributed by atoms with Crippen LogP contribution in [0.1, 0.15) is 16.2 Å². The molecule has 118 valence electrons. The van der Waals surface area contributed by atoms with E-state index in [0.717, 1.165) is 15.9 Å². The Kier molecular flexibility index (Phi) is 4.07. The Morgan fingerprint density at radius 3 is 2.78 bits per heavy atom. The van der Waals surface area contributed by atoms with Crippen molar-refractivity contribution in [1.29, 1.82) is 0 Å². The highest BCUT2D eigenvalue weighted by molar-refractivity contribution is 7.22. The van der Waals surface area contributed by atoms with Crippen molar-refractivity contribution in [3.05, 3.63) is 41.7 Å². The molecule has 0 aliphatic heterocycles. The number of hydrogen-bond donors (Lipinski definition) is 2. The molecule has 0 aliphatic rings. The van der Waals surface area contributed by atoms with E-state index >= 15 is 0 Å². The fourth-order valence-electron chi connectivity index (χ4n) is 2.16. The summed E-state index contributed by atoms with van der Waals surface area (Å²) in [6, 6.07) is 9.30. The molecule has 3 rings (SSSR count). The van der Waals surface area contributed by atoms with Crippen molar-refractivity contribution in [2.24, 2.45) is 7.05 Å². The topological polar surface area (TPSA) is 88.9 Å². The fourth-order valence-corrected chi connectivity index (χ4v) is 3.05. The summed E-state index contributed by atoms with van der Waals surface area (Å²) in [5.41, 5.74) is 1.99. The second kappa shape index (κ2) is 6.17. The number of aromatic nitrogens is 3. The number of amides is 2. The minimum absolute atomic E-state index is 0.126. The fraction of sp³-hybridized carbons (Fsp3) is 0.200. The van der Waals surface area contributed by atoms with Gasteiger partial charge in [0, 0.05) is 7.05 Å². The summed E-state index contributed by atoms with van der Waals surface area (Å²) < 4.78 is 2.48. The summed E-state index contributed by atoms with van der Waals surface area (Å²) >= 11 is 1.39. The quantitative estimate of drug-likeness (QED) is 0.762. The van der Waals surface area contributed by atoms with Crippen LogP contribution in [0.2, 0.25) is 0 Å². The van der Waals surface area contributed by atoms with Gasteiger partial charge < -0.3 is 10.6 Å². The van der Waals surface area contributed by atoms with Gasteiger partial charge in [-0.15, -0.1) is 0 Å². The molecule has 2 aromatic heterocycles. The van der Waals surface area contributed by atoms with Gasteiger partial charge in [-0.2, -0.15) is 5.10 Å². The number of hydrogen-bond acceptors (Lipinski definition) is 5. The van der Waals surface area contributed by atoms with E-state index in [1.165, 1.54) is 16.0 Å². The van der Waals surface area contributed by atoms with Gasteiger partial charge in [-0.05, 0) is 25.1 Å². The summed E-state index contributed by atoms with van der Waals surface area (Å²) in [5.74, 6) is -0.663. The zero-order valence-electron chi connectivity index (χ0n) is 12.7. The van der Waals surface area contributed by atoms with Gasteiger partial charge in [0.05, 0.1) is 22.5 Å². The number of nitrogens with one attached hydrogen (secondary N) is 2. The molecular weight excluding hydrogens is 314 g/mol. The minimum atomic E-state index is -0.340. The van der Waals surface area contributed by atoms with Crippen LogP contribution in [0, 0.1) is 6.92 Å². The number of carbonyl (C=O) groups is 2. The molecule has 0 aliphatic carbocycles. The van der Waals surface area contributed by atoms with E-state index < -0.39 is 0 Å². The summed E-state index contributed by atoms with van der Waals surface area (Å²) in [6.45, 7) is 1.68. The normalized spacial score (nSPS) is 10.7. The molecule has 1 aromatic carbocycles. The van der Waals surface area contributed by atoms with Crippen molar-refractivity contribution in [2.45, 2.75) is 6.92 Å². The van der Waals surface area contributed by atoms with Crippen LogP contribution in [0.25, 0.3) is 10.2 Å². The first-order valence-electron chi connectivity index (χ1n) is 6.97. The van der Waals surface area contributed by atoms with Gasteiger partial charge in [-0.1, -0.05) is 23.5 Å². The van der Waals surface area contributed by atoms with E-state index in [1.807, 2.05) is 24.3 Å². The third-order valence-electron chi connectivity index (χ3n) is 3.18. The third kappa shape index (κ3) is 3.37. The van der Waals surface area contributed by atoms with Crippen LogP contribution in [0.15, 0.2) is 30.3 Å². The van der Waals surface area contributed by atoms with Crippen molar-refractivity contribution in [3.8, 4) is 0 Å². The maximum absolute atomic E-state index is 12.0. The van der Waals surface area contributed by atoms with Gasteiger partial charge in [-0.25, -0.2) is 4.98 Å². The van der Waals surface area contributed by atoms with E-state index in [4.69, 9.17) is 0 Å². The summed E-state index contributed by atoms with van der Waals surface area (Å²) in [4.78, 5) is 28.3. The number of carbonyl (C=O) groups excluding carboxylic acids is 2. The standard InChI is InChI=1S/C15H15N5O2S/c1-9-7-11(20(2)19-9)14(22)16-8-13(21)18-15-17-10-5-3-4-6-12(10)23-15/h3-7H,8H2,1-2H3,(H,16,22)(H,17,18,21). The van der Waals surface area contributed by atoms with Crippen molar-refractivity contribution in [3.63, 3.8) is 0 Å². The summed E-state index contributed by atoms with van der Waals surface area (Å²) in [6.07, 6.45) is 0. The number of thiazole rings is 1. The van der Waals surface area contributed by atoms with Gasteiger partial charge in [0.15, 0.2) is 5.13 Å². The molecule has 2 N–H and O–H groups in total. The molecule has 0 bridgehead atoms. The summed E-state index contributed by atoms with van der Waals surface area (Å²) in [7, 11) is 1.68. The first kappa shape index (κ1) is 15.2. The van der Waals surface area contributed by atoms with Crippen LogP contribution in [0.3, 0.4) is 0 Å². The number of para-hydroxylation sites is 1. The first-order chi connectivity index (χ1) is 11.0. The van der Waals surface area contributed by atoms with Gasteiger partial charge in [-0.3, -0.25) is 14.3 Å².